The summed E-state index contributed by atoms with van der Waals surface area (Å²) < 4.78 is 0. The summed E-state index contributed by atoms with van der Waals surface area (Å²) in [5.74, 6) is -1.90. The first-order chi connectivity index (χ1) is 20.6. The topological polar surface area (TPSA) is 180 Å². The Morgan fingerprint density at radius 3 is 1.35 bits per heavy atom. The van der Waals surface area contributed by atoms with E-state index in [9.17, 15) is 34.2 Å². The third kappa shape index (κ3) is 16.8. The van der Waals surface area contributed by atoms with Crippen molar-refractivity contribution in [3.05, 3.63) is 0 Å². The maximum atomic E-state index is 13.2. The van der Waals surface area contributed by atoms with Crippen molar-refractivity contribution >= 4 is 29.9 Å². The van der Waals surface area contributed by atoms with Gasteiger partial charge in [-0.1, -0.05) is 27.7 Å². The molecule has 0 aromatic carbocycles. The van der Waals surface area contributed by atoms with Crippen LogP contribution in [0.3, 0.4) is 0 Å². The van der Waals surface area contributed by atoms with Crippen molar-refractivity contribution in [2.24, 2.45) is 5.73 Å². The lowest BCUT2D eigenvalue weighted by Gasteiger charge is -2.40. The molecule has 2 aliphatic heterocycles. The van der Waals surface area contributed by atoms with E-state index in [0.717, 1.165) is 6.29 Å². The van der Waals surface area contributed by atoms with Gasteiger partial charge in [-0.3, -0.25) is 38.8 Å². The Morgan fingerprint density at radius 1 is 0.698 bits per heavy atom. The molecule has 14 nitrogen and oxygen atoms in total. The molecule has 0 atom stereocenters. The van der Waals surface area contributed by atoms with Crippen molar-refractivity contribution in [2.75, 3.05) is 106 Å². The Labute approximate surface area is 258 Å². The zero-order valence-electron chi connectivity index (χ0n) is 27.6. The smallest absolute Gasteiger partial charge is 0.317 e. The second-order valence-electron chi connectivity index (χ2n) is 9.85. The fourth-order valence-corrected chi connectivity index (χ4v) is 4.93. The maximum absolute atomic E-state index is 13.2. The van der Waals surface area contributed by atoms with Crippen LogP contribution in [0, 0.1) is 0 Å². The Bertz CT molecular complexity index is 776. The summed E-state index contributed by atoms with van der Waals surface area (Å²) in [6, 6.07) is 0. The van der Waals surface area contributed by atoms with Gasteiger partial charge in [0.2, 0.25) is 5.91 Å². The Kier molecular flexibility index (Phi) is 24.7. The van der Waals surface area contributed by atoms with Crippen LogP contribution in [-0.2, 0) is 24.0 Å². The molecule has 0 saturated carbocycles. The van der Waals surface area contributed by atoms with Crippen LogP contribution in [0.5, 0.6) is 0 Å². The van der Waals surface area contributed by atoms with Gasteiger partial charge < -0.3 is 31.0 Å². The molecule has 2 fully saturated rings. The minimum atomic E-state index is -0.948. The van der Waals surface area contributed by atoms with Crippen molar-refractivity contribution in [3.8, 4) is 0 Å². The molecule has 2 heterocycles. The molecule has 0 aromatic heterocycles. The van der Waals surface area contributed by atoms with Crippen LogP contribution < -0.4 is 11.1 Å². The van der Waals surface area contributed by atoms with Gasteiger partial charge in [0.25, 0.3) is 0 Å². The quantitative estimate of drug-likeness (QED) is 0.228. The normalized spacial score (nSPS) is 18.9. The molecule has 0 radical (unpaired) electrons. The van der Waals surface area contributed by atoms with Crippen LogP contribution in [0.2, 0.25) is 0 Å². The van der Waals surface area contributed by atoms with Gasteiger partial charge in [-0.15, -0.1) is 0 Å². The number of piperidine rings is 1. The Morgan fingerprint density at radius 2 is 1.05 bits per heavy atom. The van der Waals surface area contributed by atoms with Crippen LogP contribution in [0.4, 0.5) is 0 Å². The molecule has 2 aliphatic rings. The number of likely N-dealkylation sites (tertiary alicyclic amines) is 1. The van der Waals surface area contributed by atoms with Crippen LogP contribution >= 0.6 is 0 Å². The molecule has 0 spiro atoms. The number of rotatable bonds is 10. The molecule has 5 N–H and O–H groups in total. The summed E-state index contributed by atoms with van der Waals surface area (Å²) in [4.78, 5) is 68.4. The Balaban J connectivity index is 0. The summed E-state index contributed by atoms with van der Waals surface area (Å²) in [6.45, 7) is 14.1. The number of carbonyl (C=O) groups excluding carboxylic acids is 3. The summed E-state index contributed by atoms with van der Waals surface area (Å²) in [7, 11) is 3.26. The Hall–Kier alpha value is -2.49. The minimum Gasteiger partial charge on any atom is -0.480 e. The molecule has 0 aliphatic carbocycles. The number of nitrogens with zero attached hydrogens (tertiary/aromatic N) is 5. The zero-order chi connectivity index (χ0) is 33.4. The number of aliphatic carboxylic acids is 2. The number of aldehydes is 1. The molecule has 1 amide bonds. The molecule has 0 unspecified atom stereocenters. The van der Waals surface area contributed by atoms with Gasteiger partial charge in [-0.05, 0) is 33.9 Å². The summed E-state index contributed by atoms with van der Waals surface area (Å²) in [5, 5.41) is 21.8. The molecule has 0 bridgehead atoms. The van der Waals surface area contributed by atoms with Crippen molar-refractivity contribution < 1.29 is 34.2 Å². The predicted molar refractivity (Wildman–Crippen MR) is 168 cm³/mol. The average Bonchev–Trinajstić information content (AvgIpc) is 3.00. The second-order valence-corrected chi connectivity index (χ2v) is 9.85. The summed E-state index contributed by atoms with van der Waals surface area (Å²) in [5.41, 5.74) is 3.90. The van der Waals surface area contributed by atoms with Crippen molar-refractivity contribution in [3.63, 3.8) is 0 Å². The lowest BCUT2D eigenvalue weighted by Crippen LogP contribution is -2.58. The van der Waals surface area contributed by atoms with Gasteiger partial charge >= 0.3 is 11.9 Å². The molecule has 252 valence electrons. The first-order valence-electron chi connectivity index (χ1n) is 15.4. The lowest BCUT2D eigenvalue weighted by molar-refractivity contribution is -0.139. The number of amides is 1. The van der Waals surface area contributed by atoms with Gasteiger partial charge in [0.15, 0.2) is 0 Å². The molecular formula is C29H59N7O7. The van der Waals surface area contributed by atoms with Gasteiger partial charge in [0.1, 0.15) is 12.1 Å². The van der Waals surface area contributed by atoms with E-state index in [4.69, 9.17) is 0 Å². The zero-order valence-corrected chi connectivity index (χ0v) is 27.6. The van der Waals surface area contributed by atoms with E-state index < -0.39 is 17.5 Å². The van der Waals surface area contributed by atoms with Gasteiger partial charge in [-0.2, -0.15) is 0 Å². The number of carboxylic acids is 2. The van der Waals surface area contributed by atoms with E-state index in [-0.39, 0.29) is 37.9 Å². The van der Waals surface area contributed by atoms with Gasteiger partial charge in [0.05, 0.1) is 31.7 Å². The van der Waals surface area contributed by atoms with E-state index in [1.807, 2.05) is 37.5 Å². The van der Waals surface area contributed by atoms with E-state index in [1.165, 1.54) is 7.05 Å². The van der Waals surface area contributed by atoms with Crippen LogP contribution in [-0.4, -0.2) is 176 Å². The highest BCUT2D eigenvalue weighted by Gasteiger charge is 2.38. The van der Waals surface area contributed by atoms with E-state index in [1.54, 1.807) is 28.7 Å². The molecular weight excluding hydrogens is 558 g/mol. The summed E-state index contributed by atoms with van der Waals surface area (Å²) >= 11 is 0. The number of ketones is 1. The number of likely N-dealkylation sites (N-methyl/N-ethyl adjacent to an activating group) is 1. The highest BCUT2D eigenvalue weighted by atomic mass is 16.4. The SMILES string of the molecule is CC.CC.CN.CNC1(C(C)=O)CCN(C(=O)CN2CCN(CC(=O)O)CCN(CC=O)CCN(CC(=O)O)CC2)CC1. The van der Waals surface area contributed by atoms with Crippen molar-refractivity contribution in [2.45, 2.75) is 53.0 Å². The van der Waals surface area contributed by atoms with Crippen molar-refractivity contribution in [1.82, 2.24) is 29.8 Å². The highest BCUT2D eigenvalue weighted by Crippen LogP contribution is 2.23. The number of hydrogen-bond donors (Lipinski definition) is 4. The fraction of sp³-hybridized carbons (Fsp3) is 0.828. The third-order valence-corrected chi connectivity index (χ3v) is 7.46. The van der Waals surface area contributed by atoms with E-state index in [0.29, 0.717) is 78.3 Å². The standard InChI is InChI=1S/C24H42N6O7.2C2H6.CH5N/c1-20(32)24(25-2)3-5-30(6-4-24)21(33)17-27-11-13-28(18-22(34)35)9-7-26(15-16-31)8-10-29(14-12-27)19-23(36)37;3*1-2/h16,25H,3-15,17-19H2,1-2H3,(H,34,35)(H,36,37);2*1-2H3;2H2,1H3. The summed E-state index contributed by atoms with van der Waals surface area (Å²) in [6.07, 6.45) is 1.88. The molecule has 2 saturated heterocycles. The number of hydrogen-bond acceptors (Lipinski definition) is 11. The largest absolute Gasteiger partial charge is 0.480 e. The number of nitrogens with two attached hydrogens (primary N) is 1. The van der Waals surface area contributed by atoms with Gasteiger partial charge in [0, 0.05) is 65.4 Å². The van der Waals surface area contributed by atoms with E-state index >= 15 is 0 Å². The maximum Gasteiger partial charge on any atom is 0.317 e. The molecule has 14 heteroatoms. The van der Waals surface area contributed by atoms with Crippen LogP contribution in [0.1, 0.15) is 47.5 Å². The lowest BCUT2D eigenvalue weighted by atomic mass is 9.84. The number of carboxylic acid groups (broad SMARTS) is 2. The monoisotopic (exact) mass is 617 g/mol. The third-order valence-electron chi connectivity index (χ3n) is 7.46. The molecule has 43 heavy (non-hydrogen) atoms. The van der Waals surface area contributed by atoms with Crippen LogP contribution in [0.25, 0.3) is 0 Å². The fourth-order valence-electron chi connectivity index (χ4n) is 4.93. The highest BCUT2D eigenvalue weighted by molar-refractivity contribution is 5.87. The van der Waals surface area contributed by atoms with Crippen LogP contribution in [0.15, 0.2) is 0 Å². The second kappa shape index (κ2) is 24.9. The molecule has 0 aromatic rings. The van der Waals surface area contributed by atoms with E-state index in [2.05, 4.69) is 11.1 Å². The predicted octanol–water partition coefficient (Wildman–Crippen LogP) is -0.627. The number of Topliss-reactive ketones (excluding diaryl/α,β-unsaturated/α-hetero) is 1. The first kappa shape index (κ1) is 42.6. The molecule has 2 rings (SSSR count). The number of carbonyl (C=O) groups is 5. The first-order valence-corrected chi connectivity index (χ1v) is 15.4. The van der Waals surface area contributed by atoms with Gasteiger partial charge in [-0.25, -0.2) is 0 Å². The van der Waals surface area contributed by atoms with Crippen molar-refractivity contribution in [1.29, 1.82) is 0 Å². The average molecular weight is 618 g/mol. The number of nitrogens with one attached hydrogen (secondary N) is 1. The minimum absolute atomic E-state index is 0.0629.